The predicted octanol–water partition coefficient (Wildman–Crippen LogP) is 3.40. The topological polar surface area (TPSA) is 70.7 Å². The van der Waals surface area contributed by atoms with Gasteiger partial charge in [-0.1, -0.05) is 13.8 Å². The monoisotopic (exact) mass is 286 g/mol. The first-order chi connectivity index (χ1) is 9.63. The summed E-state index contributed by atoms with van der Waals surface area (Å²) in [7, 11) is 0. The van der Waals surface area contributed by atoms with E-state index >= 15 is 0 Å². The zero-order chi connectivity index (χ0) is 14.1. The van der Waals surface area contributed by atoms with Crippen LogP contribution in [0.5, 0.6) is 0 Å². The molecule has 1 amide bonds. The maximum Gasteiger partial charge on any atom is 0.275 e. The van der Waals surface area contributed by atoms with Crippen molar-refractivity contribution in [3.8, 4) is 0 Å². The summed E-state index contributed by atoms with van der Waals surface area (Å²) in [6.45, 7) is 4.12. The number of nitrogens with one attached hydrogen (secondary N) is 2. The molecule has 0 saturated heterocycles. The van der Waals surface area contributed by atoms with Gasteiger partial charge in [0.05, 0.1) is 16.7 Å². The molecular formula is C14H14N4OS. The molecule has 1 aromatic carbocycles. The van der Waals surface area contributed by atoms with E-state index in [0.29, 0.717) is 11.6 Å². The number of fused-ring (bicyclic) bond motifs is 1. The van der Waals surface area contributed by atoms with Crippen LogP contribution in [-0.4, -0.2) is 21.1 Å². The van der Waals surface area contributed by atoms with Gasteiger partial charge in [0.2, 0.25) is 0 Å². The highest BCUT2D eigenvalue weighted by atomic mass is 32.1. The maximum atomic E-state index is 12.1. The van der Waals surface area contributed by atoms with Gasteiger partial charge in [0.15, 0.2) is 0 Å². The third-order valence-corrected chi connectivity index (χ3v) is 4.09. The lowest BCUT2D eigenvalue weighted by molar-refractivity contribution is 0.102. The quantitative estimate of drug-likeness (QED) is 0.775. The van der Waals surface area contributed by atoms with Gasteiger partial charge in [0.25, 0.3) is 5.91 Å². The first-order valence-electron chi connectivity index (χ1n) is 6.33. The first-order valence-corrected chi connectivity index (χ1v) is 7.21. The number of amides is 1. The third kappa shape index (κ3) is 2.42. The molecule has 0 saturated carbocycles. The van der Waals surface area contributed by atoms with Crippen molar-refractivity contribution in [2.45, 2.75) is 19.8 Å². The van der Waals surface area contributed by atoms with Gasteiger partial charge in [0.1, 0.15) is 5.69 Å². The molecule has 2 aromatic heterocycles. The average Bonchev–Trinajstić information content (AvgIpc) is 3.07. The van der Waals surface area contributed by atoms with Gasteiger partial charge in [-0.15, -0.1) is 11.3 Å². The molecule has 20 heavy (non-hydrogen) atoms. The average molecular weight is 286 g/mol. The molecule has 0 radical (unpaired) electrons. The summed E-state index contributed by atoms with van der Waals surface area (Å²) in [5.74, 6) is 0.148. The summed E-state index contributed by atoms with van der Waals surface area (Å²) in [4.78, 5) is 16.5. The molecule has 2 N–H and O–H groups in total. The van der Waals surface area contributed by atoms with Crippen molar-refractivity contribution >= 4 is 33.8 Å². The van der Waals surface area contributed by atoms with Crippen molar-refractivity contribution in [2.75, 3.05) is 5.32 Å². The number of hydrogen-bond acceptors (Lipinski definition) is 4. The zero-order valence-electron chi connectivity index (χ0n) is 11.2. The molecule has 0 fully saturated rings. The summed E-state index contributed by atoms with van der Waals surface area (Å²) >= 11 is 1.51. The standard InChI is InChI=1S/C14H14N4OS/c1-8(2)14-17-12(7-20-14)13(19)16-10-4-3-9-6-15-18-11(9)5-10/h3-8H,1-2H3,(H,15,18)(H,16,19). The molecule has 0 aliphatic rings. The lowest BCUT2D eigenvalue weighted by atomic mass is 10.2. The van der Waals surface area contributed by atoms with E-state index < -0.39 is 0 Å². The minimum atomic E-state index is -0.188. The molecule has 0 bridgehead atoms. The second-order valence-electron chi connectivity index (χ2n) is 4.85. The highest BCUT2D eigenvalue weighted by Gasteiger charge is 2.13. The largest absolute Gasteiger partial charge is 0.321 e. The minimum Gasteiger partial charge on any atom is -0.321 e. The molecule has 6 heteroatoms. The number of nitrogens with zero attached hydrogens (tertiary/aromatic N) is 2. The first kappa shape index (κ1) is 12.8. The molecule has 5 nitrogen and oxygen atoms in total. The van der Waals surface area contributed by atoms with E-state index in [1.807, 2.05) is 18.2 Å². The summed E-state index contributed by atoms with van der Waals surface area (Å²) in [6.07, 6.45) is 1.75. The molecule has 3 aromatic rings. The van der Waals surface area contributed by atoms with E-state index in [0.717, 1.165) is 21.6 Å². The van der Waals surface area contributed by atoms with Gasteiger partial charge in [-0.25, -0.2) is 4.98 Å². The van der Waals surface area contributed by atoms with Gasteiger partial charge in [-0.2, -0.15) is 5.10 Å². The maximum absolute atomic E-state index is 12.1. The van der Waals surface area contributed by atoms with Crippen LogP contribution >= 0.6 is 11.3 Å². The van der Waals surface area contributed by atoms with Crippen LogP contribution in [0.4, 0.5) is 5.69 Å². The zero-order valence-corrected chi connectivity index (χ0v) is 12.0. The summed E-state index contributed by atoms with van der Waals surface area (Å²) in [5, 5.41) is 13.5. The highest BCUT2D eigenvalue weighted by molar-refractivity contribution is 7.09. The number of carbonyl (C=O) groups is 1. The molecular weight excluding hydrogens is 272 g/mol. The molecule has 3 rings (SSSR count). The van der Waals surface area contributed by atoms with Gasteiger partial charge < -0.3 is 5.32 Å². The van der Waals surface area contributed by atoms with E-state index in [2.05, 4.69) is 34.3 Å². The Bertz CT molecular complexity index is 759. The van der Waals surface area contributed by atoms with E-state index in [1.54, 1.807) is 11.6 Å². The normalized spacial score (nSPS) is 11.2. The van der Waals surface area contributed by atoms with Crippen LogP contribution in [-0.2, 0) is 0 Å². The number of aromatic amines is 1. The van der Waals surface area contributed by atoms with Crippen molar-refractivity contribution in [3.05, 3.63) is 40.5 Å². The van der Waals surface area contributed by atoms with Crippen LogP contribution in [0.2, 0.25) is 0 Å². The summed E-state index contributed by atoms with van der Waals surface area (Å²) in [6, 6.07) is 5.62. The fraction of sp³-hybridized carbons (Fsp3) is 0.214. The van der Waals surface area contributed by atoms with Gasteiger partial charge in [0, 0.05) is 22.4 Å². The molecule has 0 spiro atoms. The molecule has 0 unspecified atom stereocenters. The smallest absolute Gasteiger partial charge is 0.275 e. The number of rotatable bonds is 3. The Morgan fingerprint density at radius 1 is 1.40 bits per heavy atom. The molecule has 102 valence electrons. The fourth-order valence-electron chi connectivity index (χ4n) is 1.87. The van der Waals surface area contributed by atoms with E-state index in [9.17, 15) is 4.79 Å². The summed E-state index contributed by atoms with van der Waals surface area (Å²) < 4.78 is 0. The number of benzene rings is 1. The Balaban J connectivity index is 1.80. The van der Waals surface area contributed by atoms with Crippen molar-refractivity contribution in [1.82, 2.24) is 15.2 Å². The van der Waals surface area contributed by atoms with E-state index in [4.69, 9.17) is 0 Å². The van der Waals surface area contributed by atoms with Gasteiger partial charge >= 0.3 is 0 Å². The predicted molar refractivity (Wildman–Crippen MR) is 80.2 cm³/mol. The van der Waals surface area contributed by atoms with Crippen LogP contribution in [0.15, 0.2) is 29.8 Å². The Morgan fingerprint density at radius 2 is 2.25 bits per heavy atom. The SMILES string of the molecule is CC(C)c1nc(C(=O)Nc2ccc3cn[nH]c3c2)cs1. The third-order valence-electron chi connectivity index (χ3n) is 2.95. The van der Waals surface area contributed by atoms with Crippen LogP contribution < -0.4 is 5.32 Å². The van der Waals surface area contributed by atoms with Crippen molar-refractivity contribution in [3.63, 3.8) is 0 Å². The van der Waals surface area contributed by atoms with Crippen LogP contribution in [0.25, 0.3) is 10.9 Å². The van der Waals surface area contributed by atoms with Crippen LogP contribution in [0.3, 0.4) is 0 Å². The van der Waals surface area contributed by atoms with Gasteiger partial charge in [-0.05, 0) is 18.2 Å². The van der Waals surface area contributed by atoms with Crippen LogP contribution in [0.1, 0.15) is 35.3 Å². The van der Waals surface area contributed by atoms with Crippen LogP contribution in [0, 0.1) is 0 Å². The second kappa shape index (κ2) is 5.05. The minimum absolute atomic E-state index is 0.188. The fourth-order valence-corrected chi connectivity index (χ4v) is 2.68. The van der Waals surface area contributed by atoms with E-state index in [-0.39, 0.29) is 5.91 Å². The highest BCUT2D eigenvalue weighted by Crippen LogP contribution is 2.21. The molecule has 0 aliphatic heterocycles. The number of hydrogen-bond donors (Lipinski definition) is 2. The Morgan fingerprint density at radius 3 is 3.00 bits per heavy atom. The lowest BCUT2D eigenvalue weighted by Crippen LogP contribution is -2.12. The molecule has 0 aliphatic carbocycles. The second-order valence-corrected chi connectivity index (χ2v) is 5.74. The summed E-state index contributed by atoms with van der Waals surface area (Å²) in [5.41, 5.74) is 2.08. The van der Waals surface area contributed by atoms with Crippen molar-refractivity contribution in [2.24, 2.45) is 0 Å². The lowest BCUT2D eigenvalue weighted by Gasteiger charge is -2.03. The molecule has 0 atom stereocenters. The number of H-pyrrole nitrogens is 1. The number of carbonyl (C=O) groups excluding carboxylic acids is 1. The van der Waals surface area contributed by atoms with Crippen molar-refractivity contribution < 1.29 is 4.79 Å². The number of aromatic nitrogens is 3. The van der Waals surface area contributed by atoms with Gasteiger partial charge in [-0.3, -0.25) is 9.89 Å². The number of thiazole rings is 1. The Labute approximate surface area is 120 Å². The van der Waals surface area contributed by atoms with Crippen molar-refractivity contribution in [1.29, 1.82) is 0 Å². The molecule has 2 heterocycles. The van der Waals surface area contributed by atoms with E-state index in [1.165, 1.54) is 11.3 Å². The Hall–Kier alpha value is -2.21. The number of anilines is 1. The Kier molecular flexibility index (Phi) is 3.23.